The Hall–Kier alpha value is -2.08. The largest absolute Gasteiger partial charge is 0.366 e. The van der Waals surface area contributed by atoms with Gasteiger partial charge in [-0.1, -0.05) is 6.42 Å². The molecule has 0 radical (unpaired) electrons. The molecule has 0 aliphatic carbocycles. The maximum atomic E-state index is 11.4. The Morgan fingerprint density at radius 3 is 2.32 bits per heavy atom. The number of nitrogens with zero attached hydrogens (tertiary/aromatic N) is 1. The zero-order chi connectivity index (χ0) is 13.8. The molecule has 1 fully saturated rings. The number of primary amides is 2. The van der Waals surface area contributed by atoms with Gasteiger partial charge >= 0.3 is 0 Å². The number of hydrogen-bond acceptors (Lipinski definition) is 4. The van der Waals surface area contributed by atoms with Crippen LogP contribution in [0.4, 0.5) is 5.69 Å². The summed E-state index contributed by atoms with van der Waals surface area (Å²) >= 11 is 0. The first-order valence-electron chi connectivity index (χ1n) is 6.33. The van der Waals surface area contributed by atoms with E-state index in [-0.39, 0.29) is 0 Å². The minimum Gasteiger partial charge on any atom is -0.366 e. The van der Waals surface area contributed by atoms with Crippen LogP contribution in [-0.4, -0.2) is 29.9 Å². The third kappa shape index (κ3) is 3.23. The summed E-state index contributed by atoms with van der Waals surface area (Å²) in [4.78, 5) is 22.6. The van der Waals surface area contributed by atoms with E-state index in [1.165, 1.54) is 18.6 Å². The van der Waals surface area contributed by atoms with Crippen molar-refractivity contribution in [2.45, 2.75) is 19.3 Å². The van der Waals surface area contributed by atoms with Crippen molar-refractivity contribution in [2.24, 2.45) is 11.5 Å². The molecule has 0 aromatic heterocycles. The van der Waals surface area contributed by atoms with Crippen LogP contribution in [0.25, 0.3) is 0 Å². The van der Waals surface area contributed by atoms with Crippen LogP contribution < -0.4 is 16.9 Å². The van der Waals surface area contributed by atoms with Crippen molar-refractivity contribution >= 4 is 17.5 Å². The maximum Gasteiger partial charge on any atom is 0.250 e. The zero-order valence-corrected chi connectivity index (χ0v) is 10.7. The highest BCUT2D eigenvalue weighted by Gasteiger charge is 2.15. The molecule has 2 rings (SSSR count). The van der Waals surface area contributed by atoms with Gasteiger partial charge in [-0.3, -0.25) is 9.59 Å². The number of piperidine rings is 1. The third-order valence-corrected chi connectivity index (χ3v) is 3.20. The normalized spacial score (nSPS) is 16.0. The summed E-state index contributed by atoms with van der Waals surface area (Å²) in [6.07, 6.45) is 3.42. The van der Waals surface area contributed by atoms with Gasteiger partial charge < -0.3 is 16.9 Å². The molecule has 19 heavy (non-hydrogen) atoms. The van der Waals surface area contributed by atoms with E-state index >= 15 is 0 Å². The van der Waals surface area contributed by atoms with Crippen molar-refractivity contribution in [1.82, 2.24) is 5.01 Å². The van der Waals surface area contributed by atoms with Crippen molar-refractivity contribution in [3.8, 4) is 0 Å². The smallest absolute Gasteiger partial charge is 0.250 e. The van der Waals surface area contributed by atoms with E-state index < -0.39 is 11.8 Å². The quantitative estimate of drug-likeness (QED) is 0.743. The van der Waals surface area contributed by atoms with Gasteiger partial charge in [-0.25, -0.2) is 5.01 Å². The van der Waals surface area contributed by atoms with Gasteiger partial charge in [-0.15, -0.1) is 0 Å². The summed E-state index contributed by atoms with van der Waals surface area (Å²) < 4.78 is 0. The van der Waals surface area contributed by atoms with Gasteiger partial charge in [-0.2, -0.15) is 0 Å². The lowest BCUT2D eigenvalue weighted by Gasteiger charge is -2.28. The summed E-state index contributed by atoms with van der Waals surface area (Å²) in [5.41, 5.74) is 15.0. The van der Waals surface area contributed by atoms with E-state index in [1.807, 2.05) is 5.01 Å². The number of nitrogens with two attached hydrogens (primary N) is 2. The van der Waals surface area contributed by atoms with Gasteiger partial charge in [0.1, 0.15) is 0 Å². The fraction of sp³-hybridized carbons (Fsp3) is 0.385. The van der Waals surface area contributed by atoms with Crippen molar-refractivity contribution < 1.29 is 9.59 Å². The van der Waals surface area contributed by atoms with Crippen LogP contribution >= 0.6 is 0 Å². The molecule has 1 saturated heterocycles. The zero-order valence-electron chi connectivity index (χ0n) is 10.7. The van der Waals surface area contributed by atoms with Crippen LogP contribution in [0.2, 0.25) is 0 Å². The van der Waals surface area contributed by atoms with E-state index in [9.17, 15) is 9.59 Å². The summed E-state index contributed by atoms with van der Waals surface area (Å²) in [6, 6.07) is 4.59. The summed E-state index contributed by atoms with van der Waals surface area (Å²) in [6.45, 7) is 1.80. The fourth-order valence-corrected chi connectivity index (χ4v) is 2.18. The average Bonchev–Trinajstić information content (AvgIpc) is 2.39. The van der Waals surface area contributed by atoms with Crippen molar-refractivity contribution in [3.05, 3.63) is 29.3 Å². The van der Waals surface area contributed by atoms with Crippen molar-refractivity contribution in [1.29, 1.82) is 0 Å². The molecular formula is C13H18N4O2. The number of hydrogen-bond donors (Lipinski definition) is 3. The van der Waals surface area contributed by atoms with Gasteiger partial charge in [0.05, 0.1) is 11.3 Å². The minimum atomic E-state index is -0.532. The minimum absolute atomic E-state index is 0.351. The molecule has 0 spiro atoms. The second kappa shape index (κ2) is 5.71. The molecule has 0 saturated carbocycles. The molecule has 1 heterocycles. The van der Waals surface area contributed by atoms with Gasteiger partial charge in [0.2, 0.25) is 5.91 Å². The molecular weight excluding hydrogens is 244 g/mol. The second-order valence-corrected chi connectivity index (χ2v) is 4.65. The predicted octanol–water partition coefficient (Wildman–Crippen LogP) is 0.697. The number of carbonyl (C=O) groups excluding carboxylic acids is 2. The molecule has 0 atom stereocenters. The molecule has 0 bridgehead atoms. The van der Waals surface area contributed by atoms with Gasteiger partial charge in [0, 0.05) is 18.7 Å². The molecule has 6 heteroatoms. The van der Waals surface area contributed by atoms with Crippen LogP contribution in [0, 0.1) is 0 Å². The second-order valence-electron chi connectivity index (χ2n) is 4.65. The van der Waals surface area contributed by atoms with Crippen LogP contribution in [-0.2, 0) is 0 Å². The van der Waals surface area contributed by atoms with Crippen LogP contribution in [0.3, 0.4) is 0 Å². The Morgan fingerprint density at radius 1 is 1.05 bits per heavy atom. The monoisotopic (exact) mass is 262 g/mol. The Balaban J connectivity index is 2.26. The van der Waals surface area contributed by atoms with E-state index in [4.69, 9.17) is 11.5 Å². The number of carbonyl (C=O) groups is 2. The first-order valence-corrected chi connectivity index (χ1v) is 6.33. The Morgan fingerprint density at radius 2 is 1.74 bits per heavy atom. The number of benzene rings is 1. The lowest BCUT2D eigenvalue weighted by atomic mass is 10.1. The Bertz CT molecular complexity index is 495. The van der Waals surface area contributed by atoms with E-state index in [0.29, 0.717) is 16.8 Å². The van der Waals surface area contributed by atoms with Gasteiger partial charge in [0.25, 0.3) is 5.91 Å². The van der Waals surface area contributed by atoms with Crippen LogP contribution in [0.15, 0.2) is 18.2 Å². The molecule has 2 amide bonds. The van der Waals surface area contributed by atoms with Crippen molar-refractivity contribution in [2.75, 3.05) is 18.5 Å². The highest BCUT2D eigenvalue weighted by atomic mass is 16.1. The fourth-order valence-electron chi connectivity index (χ4n) is 2.18. The lowest BCUT2D eigenvalue weighted by molar-refractivity contribution is 0.0988. The van der Waals surface area contributed by atoms with Crippen molar-refractivity contribution in [3.63, 3.8) is 0 Å². The first kappa shape index (κ1) is 13.4. The van der Waals surface area contributed by atoms with E-state index in [0.717, 1.165) is 25.9 Å². The molecule has 1 aromatic carbocycles. The van der Waals surface area contributed by atoms with E-state index in [1.54, 1.807) is 6.07 Å². The molecule has 0 unspecified atom stereocenters. The van der Waals surface area contributed by atoms with Gasteiger partial charge in [0.15, 0.2) is 0 Å². The SMILES string of the molecule is NC(=O)c1ccc(C(N)=O)c(NN2CCCCC2)c1. The number of anilines is 1. The van der Waals surface area contributed by atoms with Crippen LogP contribution in [0.5, 0.6) is 0 Å². The number of amides is 2. The summed E-state index contributed by atoms with van der Waals surface area (Å²) in [7, 11) is 0. The molecule has 1 aromatic rings. The summed E-state index contributed by atoms with van der Waals surface area (Å²) in [5.74, 6) is -1.06. The third-order valence-electron chi connectivity index (χ3n) is 3.20. The molecule has 102 valence electrons. The lowest BCUT2D eigenvalue weighted by Crippen LogP contribution is -2.35. The number of nitrogens with one attached hydrogen (secondary N) is 1. The Kier molecular flexibility index (Phi) is 4.01. The molecule has 1 aliphatic heterocycles. The maximum absolute atomic E-state index is 11.4. The average molecular weight is 262 g/mol. The van der Waals surface area contributed by atoms with Crippen LogP contribution in [0.1, 0.15) is 40.0 Å². The highest BCUT2D eigenvalue weighted by Crippen LogP contribution is 2.20. The van der Waals surface area contributed by atoms with E-state index in [2.05, 4.69) is 5.43 Å². The Labute approximate surface area is 111 Å². The predicted molar refractivity (Wildman–Crippen MR) is 72.5 cm³/mol. The topological polar surface area (TPSA) is 101 Å². The molecule has 6 nitrogen and oxygen atoms in total. The standard InChI is InChI=1S/C13H18N4O2/c14-12(18)9-4-5-10(13(15)19)11(8-9)16-17-6-2-1-3-7-17/h4-5,8,16H,1-3,6-7H2,(H2,14,18)(H2,15,19). The number of hydrazine groups is 1. The molecule has 5 N–H and O–H groups in total. The molecule has 1 aliphatic rings. The summed E-state index contributed by atoms with van der Waals surface area (Å²) in [5, 5.41) is 2.02. The first-order chi connectivity index (χ1) is 9.08. The van der Waals surface area contributed by atoms with Gasteiger partial charge in [-0.05, 0) is 31.0 Å². The number of rotatable bonds is 4. The highest BCUT2D eigenvalue weighted by molar-refractivity contribution is 6.01.